The van der Waals surface area contributed by atoms with Crippen LogP contribution in [0.25, 0.3) is 11.0 Å². The third-order valence-electron chi connectivity index (χ3n) is 3.14. The third-order valence-corrected chi connectivity index (χ3v) is 3.14. The Morgan fingerprint density at radius 3 is 2.95 bits per heavy atom. The Morgan fingerprint density at radius 1 is 1.32 bits per heavy atom. The highest BCUT2D eigenvalue weighted by Crippen LogP contribution is 2.17. The van der Waals surface area contributed by atoms with Crippen molar-refractivity contribution < 1.29 is 4.92 Å². The molecule has 7 nitrogen and oxygen atoms in total. The predicted molar refractivity (Wildman–Crippen MR) is 85.1 cm³/mol. The first-order valence-corrected chi connectivity index (χ1v) is 6.62. The maximum atomic E-state index is 10.9. The van der Waals surface area contributed by atoms with Gasteiger partial charge in [0.25, 0.3) is 5.69 Å². The topological polar surface area (TPSA) is 96.2 Å². The van der Waals surface area contributed by atoms with Crippen LogP contribution in [0.15, 0.2) is 47.6 Å². The minimum atomic E-state index is -0.439. The van der Waals surface area contributed by atoms with E-state index >= 15 is 0 Å². The summed E-state index contributed by atoms with van der Waals surface area (Å²) in [4.78, 5) is 17.9. The van der Waals surface area contributed by atoms with Crippen molar-refractivity contribution in [3.8, 4) is 0 Å². The molecule has 3 aromatic rings. The number of imidazole rings is 1. The number of H-pyrrole nitrogens is 1. The fraction of sp³-hybridized carbons (Fsp3) is 0.0667. The van der Waals surface area contributed by atoms with Gasteiger partial charge in [-0.3, -0.25) is 10.1 Å². The highest BCUT2D eigenvalue weighted by Gasteiger charge is 2.09. The maximum absolute atomic E-state index is 10.9. The first kappa shape index (κ1) is 13.7. The molecule has 0 radical (unpaired) electrons. The molecule has 0 aliphatic carbocycles. The number of aryl methyl sites for hydroxylation is 1. The normalized spacial score (nSPS) is 11.1. The number of nitro groups is 1. The molecule has 3 rings (SSSR count). The van der Waals surface area contributed by atoms with Gasteiger partial charge < -0.3 is 4.98 Å². The fourth-order valence-corrected chi connectivity index (χ4v) is 2.10. The van der Waals surface area contributed by atoms with E-state index in [-0.39, 0.29) is 5.69 Å². The number of nitro benzene ring substituents is 1. The summed E-state index contributed by atoms with van der Waals surface area (Å²) in [6, 6.07) is 12.3. The second-order valence-corrected chi connectivity index (χ2v) is 4.79. The van der Waals surface area contributed by atoms with Gasteiger partial charge in [-0.2, -0.15) is 5.10 Å². The standard InChI is InChI=1S/C15H13N5O2/c1-10-6-7-12-13(8-10)18-15(17-12)19-16-9-11-4-2-3-5-14(11)20(21)22/h2-9H,1H3,(H2,17,18,19)/b16-9-. The van der Waals surface area contributed by atoms with E-state index in [2.05, 4.69) is 20.5 Å². The first-order valence-electron chi connectivity index (χ1n) is 6.62. The van der Waals surface area contributed by atoms with E-state index in [1.54, 1.807) is 18.2 Å². The zero-order chi connectivity index (χ0) is 15.5. The van der Waals surface area contributed by atoms with Crippen molar-refractivity contribution in [1.82, 2.24) is 9.97 Å². The summed E-state index contributed by atoms with van der Waals surface area (Å²) < 4.78 is 0. The smallest absolute Gasteiger partial charge is 0.278 e. The van der Waals surface area contributed by atoms with Gasteiger partial charge >= 0.3 is 0 Å². The molecule has 2 aromatic carbocycles. The van der Waals surface area contributed by atoms with Gasteiger partial charge in [-0.05, 0) is 30.7 Å². The average Bonchev–Trinajstić information content (AvgIpc) is 2.89. The van der Waals surface area contributed by atoms with Gasteiger partial charge in [0.05, 0.1) is 27.7 Å². The Labute approximate surface area is 125 Å². The molecular formula is C15H13N5O2. The monoisotopic (exact) mass is 295 g/mol. The number of aromatic nitrogens is 2. The highest BCUT2D eigenvalue weighted by molar-refractivity contribution is 5.85. The number of benzene rings is 2. The summed E-state index contributed by atoms with van der Waals surface area (Å²) in [5.41, 5.74) is 6.04. The van der Waals surface area contributed by atoms with E-state index < -0.39 is 4.92 Å². The van der Waals surface area contributed by atoms with Crippen LogP contribution in [0.3, 0.4) is 0 Å². The molecule has 1 aromatic heterocycles. The van der Waals surface area contributed by atoms with E-state index in [4.69, 9.17) is 0 Å². The summed E-state index contributed by atoms with van der Waals surface area (Å²) in [6.45, 7) is 2.00. The number of nitrogens with zero attached hydrogens (tertiary/aromatic N) is 3. The van der Waals surface area contributed by atoms with Crippen LogP contribution in [-0.2, 0) is 0 Å². The van der Waals surface area contributed by atoms with Crippen molar-refractivity contribution in [3.05, 3.63) is 63.7 Å². The second kappa shape index (κ2) is 5.65. The Morgan fingerprint density at radius 2 is 2.14 bits per heavy atom. The minimum absolute atomic E-state index is 0.00767. The largest absolute Gasteiger partial charge is 0.323 e. The van der Waals surface area contributed by atoms with Crippen LogP contribution in [0, 0.1) is 17.0 Å². The lowest BCUT2D eigenvalue weighted by atomic mass is 10.2. The molecule has 0 unspecified atom stereocenters. The lowest BCUT2D eigenvalue weighted by molar-refractivity contribution is -0.385. The number of hydrogen-bond acceptors (Lipinski definition) is 5. The Balaban J connectivity index is 1.80. The molecule has 0 aliphatic heterocycles. The van der Waals surface area contributed by atoms with Gasteiger partial charge in [0.2, 0.25) is 5.95 Å². The van der Waals surface area contributed by atoms with Crippen LogP contribution in [0.2, 0.25) is 0 Å². The Bertz CT molecular complexity index is 869. The van der Waals surface area contributed by atoms with Crippen LogP contribution >= 0.6 is 0 Å². The van der Waals surface area contributed by atoms with Gasteiger partial charge in [-0.15, -0.1) is 0 Å². The molecular weight excluding hydrogens is 282 g/mol. The van der Waals surface area contributed by atoms with Crippen molar-refractivity contribution in [1.29, 1.82) is 0 Å². The number of nitrogens with one attached hydrogen (secondary N) is 2. The van der Waals surface area contributed by atoms with E-state index in [1.807, 2.05) is 25.1 Å². The fourth-order valence-electron chi connectivity index (χ4n) is 2.10. The molecule has 0 bridgehead atoms. The van der Waals surface area contributed by atoms with E-state index in [1.165, 1.54) is 12.3 Å². The van der Waals surface area contributed by atoms with Gasteiger partial charge in [-0.25, -0.2) is 10.4 Å². The summed E-state index contributed by atoms with van der Waals surface area (Å²) in [7, 11) is 0. The van der Waals surface area contributed by atoms with Crippen molar-refractivity contribution in [3.63, 3.8) is 0 Å². The van der Waals surface area contributed by atoms with Gasteiger partial charge in [0.15, 0.2) is 0 Å². The molecule has 7 heteroatoms. The molecule has 110 valence electrons. The molecule has 0 amide bonds. The summed E-state index contributed by atoms with van der Waals surface area (Å²) in [5, 5.41) is 14.9. The Hall–Kier alpha value is -3.22. The van der Waals surface area contributed by atoms with E-state index in [0.29, 0.717) is 11.5 Å². The molecule has 0 saturated heterocycles. The lowest BCUT2D eigenvalue weighted by Gasteiger charge is -1.96. The Kier molecular flexibility index (Phi) is 3.53. The van der Waals surface area contributed by atoms with Crippen LogP contribution in [-0.4, -0.2) is 21.1 Å². The van der Waals surface area contributed by atoms with Crippen LogP contribution in [0.5, 0.6) is 0 Å². The average molecular weight is 295 g/mol. The van der Waals surface area contributed by atoms with Crippen molar-refractivity contribution in [2.45, 2.75) is 6.92 Å². The summed E-state index contributed by atoms with van der Waals surface area (Å²) in [5.74, 6) is 0.482. The minimum Gasteiger partial charge on any atom is -0.323 e. The number of hydrazone groups is 1. The molecule has 1 heterocycles. The predicted octanol–water partition coefficient (Wildman–Crippen LogP) is 3.23. The van der Waals surface area contributed by atoms with Crippen molar-refractivity contribution in [2.24, 2.45) is 5.10 Å². The van der Waals surface area contributed by atoms with E-state index in [9.17, 15) is 10.1 Å². The number of fused-ring (bicyclic) bond motifs is 1. The molecule has 22 heavy (non-hydrogen) atoms. The number of rotatable bonds is 4. The van der Waals surface area contributed by atoms with Crippen LogP contribution < -0.4 is 5.43 Å². The number of aromatic amines is 1. The van der Waals surface area contributed by atoms with Crippen molar-refractivity contribution >= 4 is 28.9 Å². The molecule has 0 spiro atoms. The maximum Gasteiger partial charge on any atom is 0.278 e. The first-order chi connectivity index (χ1) is 10.6. The molecule has 0 aliphatic rings. The molecule has 2 N–H and O–H groups in total. The molecule has 0 saturated carbocycles. The zero-order valence-corrected chi connectivity index (χ0v) is 11.8. The van der Waals surface area contributed by atoms with Crippen molar-refractivity contribution in [2.75, 3.05) is 5.43 Å². The van der Waals surface area contributed by atoms with Gasteiger partial charge in [0, 0.05) is 6.07 Å². The SMILES string of the molecule is Cc1ccc2nc(N/N=C\c3ccccc3[N+](=O)[O-])[nH]c2c1. The molecule has 0 fully saturated rings. The van der Waals surface area contributed by atoms with Gasteiger partial charge in [-0.1, -0.05) is 18.2 Å². The highest BCUT2D eigenvalue weighted by atomic mass is 16.6. The summed E-state index contributed by atoms with van der Waals surface area (Å²) in [6.07, 6.45) is 1.40. The van der Waals surface area contributed by atoms with E-state index in [0.717, 1.165) is 16.6 Å². The third kappa shape index (κ3) is 2.78. The van der Waals surface area contributed by atoms with Gasteiger partial charge in [0.1, 0.15) is 0 Å². The summed E-state index contributed by atoms with van der Waals surface area (Å²) >= 11 is 0. The zero-order valence-electron chi connectivity index (χ0n) is 11.8. The quantitative estimate of drug-likeness (QED) is 0.439. The lowest BCUT2D eigenvalue weighted by Crippen LogP contribution is -1.96. The second-order valence-electron chi connectivity index (χ2n) is 4.79. The van der Waals surface area contributed by atoms with Crippen LogP contribution in [0.1, 0.15) is 11.1 Å². The van der Waals surface area contributed by atoms with Crippen LogP contribution in [0.4, 0.5) is 11.6 Å². The number of anilines is 1. The number of hydrogen-bond donors (Lipinski definition) is 2. The molecule has 0 atom stereocenters. The number of para-hydroxylation sites is 1.